The normalized spacial score (nSPS) is 23.2. The number of benzene rings is 1. The van der Waals surface area contributed by atoms with Crippen LogP contribution in [-0.4, -0.2) is 323 Å². The van der Waals surface area contributed by atoms with Crippen LogP contribution in [0, 0.1) is 11.8 Å². The molecule has 37 nitrogen and oxygen atoms in total. The predicted molar refractivity (Wildman–Crippen MR) is 384 cm³/mol. The number of nitrogens with one attached hydrogen (secondary N) is 9. The van der Waals surface area contributed by atoms with E-state index in [0.29, 0.717) is 140 Å². The van der Waals surface area contributed by atoms with Crippen LogP contribution in [0.2, 0.25) is 0 Å². The average Bonchev–Trinajstić information content (AvgIpc) is 1.62. The highest BCUT2D eigenvalue weighted by molar-refractivity contribution is 7.98. The minimum atomic E-state index is -2.41. The third-order valence-electron chi connectivity index (χ3n) is 17.8. The number of unbranched alkanes of at least 4 members (excludes halogenated alkanes) is 1. The summed E-state index contributed by atoms with van der Waals surface area (Å²) in [6, 6.07) is -6.75. The SMILES string of the molecule is CC[C@H](C)[C@@H]1NC(=O)CNC(=O)[C@@H]2Cc3c([nH]c4c(CSCCCCNC(=O)CCOCCOCCOCCOCCOCCOCCOCCOCCN5C(=O)C=CC5=O)c(OC)ccc34)[S+]([O-])C[C@H](NC(O)CNC1=O)C(=O)N[C@@H](CC(N)=O)C(=O)N1C[C@H](O)C[C@H]1C(=O)N[C@@H]([C@@H](C)[C@@H](O)CO)C(=O)N2. The van der Waals surface area contributed by atoms with Gasteiger partial charge in [0.25, 0.3) is 11.8 Å². The lowest BCUT2D eigenvalue weighted by Gasteiger charge is -2.33. The summed E-state index contributed by atoms with van der Waals surface area (Å²) in [7, 11) is 1.44. The molecule has 6 rings (SSSR count). The number of H-pyrrole nitrogens is 1. The number of β-amino-alcohol motifs (C(OH)–C–C–N with tert-alkyl or cyclic N) is 1. The average molecular weight is 1560 g/mol. The number of thioether (sulfide) groups is 1. The first-order valence-electron chi connectivity index (χ1n) is 35.8. The lowest BCUT2D eigenvalue weighted by atomic mass is 9.93. The van der Waals surface area contributed by atoms with E-state index in [1.54, 1.807) is 26.0 Å². The molecule has 0 saturated carbocycles. The number of hydrogen-bond donors (Lipinski definition) is 14. The Bertz CT molecular complexity index is 3250. The molecule has 1 aromatic carbocycles. The molecule has 15 N–H and O–H groups in total. The van der Waals surface area contributed by atoms with Crippen molar-refractivity contribution < 1.29 is 120 Å². The van der Waals surface area contributed by atoms with Gasteiger partial charge in [-0.1, -0.05) is 27.2 Å². The quantitative estimate of drug-likeness (QED) is 0.0168. The number of carbonyl (C=O) groups excluding carboxylic acids is 11. The van der Waals surface area contributed by atoms with Crippen LogP contribution in [0.4, 0.5) is 0 Å². The topological polar surface area (TPSA) is 519 Å². The van der Waals surface area contributed by atoms with Gasteiger partial charge in [-0.05, 0) is 36.6 Å². The van der Waals surface area contributed by atoms with Crippen molar-refractivity contribution in [3.05, 3.63) is 35.4 Å². The van der Waals surface area contributed by atoms with E-state index in [9.17, 15) is 73.2 Å². The highest BCUT2D eigenvalue weighted by Gasteiger charge is 2.46. The maximum Gasteiger partial charge on any atom is 0.253 e. The fourth-order valence-electron chi connectivity index (χ4n) is 11.7. The number of amides is 11. The summed E-state index contributed by atoms with van der Waals surface area (Å²) in [6.07, 6.45) is -2.44. The van der Waals surface area contributed by atoms with Crippen LogP contribution < -0.4 is 53.0 Å². The summed E-state index contributed by atoms with van der Waals surface area (Å²) >= 11 is -0.916. The molecule has 600 valence electrons. The summed E-state index contributed by atoms with van der Waals surface area (Å²) in [6.45, 7) is 8.02. The molecule has 0 radical (unpaired) electrons. The van der Waals surface area contributed by atoms with E-state index in [2.05, 4.69) is 47.5 Å². The van der Waals surface area contributed by atoms with Gasteiger partial charge in [-0.15, -0.1) is 0 Å². The van der Waals surface area contributed by atoms with E-state index in [1.807, 2.05) is 0 Å². The molecular formula is C68H106N12O25S2. The molecule has 2 aromatic rings. The predicted octanol–water partition coefficient (Wildman–Crippen LogP) is -5.25. The maximum atomic E-state index is 15.4. The van der Waals surface area contributed by atoms with Crippen molar-refractivity contribution in [2.75, 3.05) is 164 Å². The Labute approximate surface area is 627 Å². The van der Waals surface area contributed by atoms with Gasteiger partial charge in [0.15, 0.2) is 0 Å². The lowest BCUT2D eigenvalue weighted by Crippen LogP contribution is -2.62. The number of nitrogens with two attached hydrogens (primary N) is 1. The molecule has 2 unspecified atom stereocenters. The minimum Gasteiger partial charge on any atom is -0.610 e. The number of carbonyl (C=O) groups is 11. The van der Waals surface area contributed by atoms with E-state index >= 15 is 4.55 Å². The molecule has 5 heterocycles. The second-order valence-electron chi connectivity index (χ2n) is 25.7. The molecule has 0 spiro atoms. The Morgan fingerprint density at radius 2 is 1.33 bits per heavy atom. The van der Waals surface area contributed by atoms with Crippen molar-refractivity contribution >= 4 is 98.8 Å². The number of fused-ring (bicyclic) bond motifs is 5. The molecular weight excluding hydrogens is 1450 g/mol. The molecule has 107 heavy (non-hydrogen) atoms. The number of aromatic nitrogens is 1. The first-order chi connectivity index (χ1) is 51.5. The Kier molecular flexibility index (Phi) is 39.5. The van der Waals surface area contributed by atoms with Gasteiger partial charge in [0.2, 0.25) is 58.2 Å². The van der Waals surface area contributed by atoms with Crippen molar-refractivity contribution in [3.63, 3.8) is 0 Å². The van der Waals surface area contributed by atoms with Gasteiger partial charge in [-0.2, -0.15) is 11.8 Å². The van der Waals surface area contributed by atoms with Gasteiger partial charge in [-0.25, -0.2) is 0 Å². The number of primary amides is 1. The van der Waals surface area contributed by atoms with Crippen LogP contribution in [0.15, 0.2) is 29.3 Å². The van der Waals surface area contributed by atoms with Crippen molar-refractivity contribution in [2.45, 2.75) is 131 Å². The van der Waals surface area contributed by atoms with E-state index in [1.165, 1.54) is 37.9 Å². The zero-order valence-electron chi connectivity index (χ0n) is 60.9. The van der Waals surface area contributed by atoms with E-state index in [4.69, 9.17) is 48.4 Å². The lowest BCUT2D eigenvalue weighted by molar-refractivity contribution is -0.144. The third kappa shape index (κ3) is 29.3. The number of hydrogen-bond acceptors (Lipinski definition) is 27. The van der Waals surface area contributed by atoms with Crippen molar-refractivity contribution in [1.29, 1.82) is 0 Å². The monoisotopic (exact) mass is 1550 g/mol. The summed E-state index contributed by atoms with van der Waals surface area (Å²) in [5.41, 5.74) is 6.66. The molecule has 39 heteroatoms. The number of aliphatic hydroxyl groups is 4. The van der Waals surface area contributed by atoms with Gasteiger partial charge in [0.1, 0.15) is 54.0 Å². The first-order valence-corrected chi connectivity index (χ1v) is 38.3. The maximum absolute atomic E-state index is 15.4. The fourth-order valence-corrected chi connectivity index (χ4v) is 14.1. The van der Waals surface area contributed by atoms with Gasteiger partial charge >= 0.3 is 0 Å². The number of imide groups is 1. The van der Waals surface area contributed by atoms with Crippen LogP contribution in [0.1, 0.15) is 70.4 Å². The summed E-state index contributed by atoms with van der Waals surface area (Å²) in [5, 5.41) is 64.6. The highest BCUT2D eigenvalue weighted by atomic mass is 32.2. The Morgan fingerprint density at radius 3 is 1.91 bits per heavy atom. The summed E-state index contributed by atoms with van der Waals surface area (Å²) < 4.78 is 65.2. The van der Waals surface area contributed by atoms with Crippen LogP contribution >= 0.6 is 11.8 Å². The van der Waals surface area contributed by atoms with E-state index < -0.39 is 176 Å². The first kappa shape index (κ1) is 88.7. The highest BCUT2D eigenvalue weighted by Crippen LogP contribution is 2.37. The van der Waals surface area contributed by atoms with Gasteiger partial charge in [-0.3, -0.25) is 63.0 Å². The number of rotatable bonds is 42. The van der Waals surface area contributed by atoms with Crippen molar-refractivity contribution in [3.8, 4) is 5.75 Å². The van der Waals surface area contributed by atoms with Gasteiger partial charge < -0.3 is 120 Å². The van der Waals surface area contributed by atoms with Gasteiger partial charge in [0.05, 0.1) is 163 Å². The number of methoxy groups -OCH3 is 1. The fraction of sp³-hybridized carbons (Fsp3) is 0.691. The number of aliphatic hydroxyl groups excluding tert-OH is 4. The number of aromatic amines is 1. The van der Waals surface area contributed by atoms with E-state index in [-0.39, 0.29) is 66.9 Å². The Balaban J connectivity index is 1.02. The zero-order valence-corrected chi connectivity index (χ0v) is 62.6. The second kappa shape index (κ2) is 47.7. The Morgan fingerprint density at radius 1 is 0.729 bits per heavy atom. The molecule has 1 fully saturated rings. The molecule has 4 aliphatic heterocycles. The minimum absolute atomic E-state index is 0.112. The zero-order chi connectivity index (χ0) is 77.8. The summed E-state index contributed by atoms with van der Waals surface area (Å²) in [5.74, 6) is -10.4. The number of nitrogens with zero attached hydrogens (tertiary/aromatic N) is 2. The number of ether oxygens (including phenoxy) is 9. The van der Waals surface area contributed by atoms with Crippen LogP contribution in [0.25, 0.3) is 10.9 Å². The van der Waals surface area contributed by atoms with E-state index in [0.717, 1.165) is 9.80 Å². The van der Waals surface area contributed by atoms with Crippen LogP contribution in [-0.2, 0) is 114 Å². The van der Waals surface area contributed by atoms with Crippen molar-refractivity contribution in [1.82, 2.24) is 57.3 Å². The third-order valence-corrected chi connectivity index (χ3v) is 20.3. The molecule has 11 amide bonds. The molecule has 1 aromatic heterocycles. The molecule has 4 aliphatic rings. The molecule has 0 aliphatic carbocycles. The van der Waals surface area contributed by atoms with Crippen LogP contribution in [0.5, 0.6) is 5.75 Å². The molecule has 1 saturated heterocycles. The van der Waals surface area contributed by atoms with Crippen molar-refractivity contribution in [2.24, 2.45) is 17.6 Å². The van der Waals surface area contributed by atoms with Crippen LogP contribution in [0.3, 0.4) is 0 Å². The molecule has 12 atom stereocenters. The molecule has 2 bridgehead atoms. The standard InChI is InChI=1S/C68H106N12O25S2/c1-5-41(2)59-65(93)72-35-55(86)73-49-40-107(96)67-45(33-47(62(90)71-36-56(87)76-59)74-66(94)60(42(3)51(83)38-81)77-64(92)50-32-43(82)37-80(50)68(95)48(34-53(69)84)75-63(49)91)44-8-9-52(97-4)46(61(44)78-67)39-106-31-7-6-13-70-54(85)12-15-98-17-19-100-21-23-102-25-27-104-29-30-105-28-26-103-24-22-101-20-18-99-16-14-79-57(88)10-11-58(79)89/h8-11,41-43,47-51,55,59-60,73,78,81-83,86H,5-7,12-40H2,1-4H3,(H2,69,84)(H,70,85)(H,71,90)(H,72,93)(H,74,94)(H,75,91)(H,76,87)(H,77,92)/t41-,42-,43+,47-,48-,49-,50-,51-,55?,59-,60-,107?/m0/s1. The second-order valence-corrected chi connectivity index (χ2v) is 28.2. The smallest absolute Gasteiger partial charge is 0.253 e. The largest absolute Gasteiger partial charge is 0.610 e. The Hall–Kier alpha value is -7.19. The summed E-state index contributed by atoms with van der Waals surface area (Å²) in [4.78, 5) is 155. The van der Waals surface area contributed by atoms with Gasteiger partial charge in [0, 0.05) is 83.9 Å².